The third kappa shape index (κ3) is 8.27. The first-order valence-corrected chi connectivity index (χ1v) is 12.5. The highest BCUT2D eigenvalue weighted by molar-refractivity contribution is 9.10. The van der Waals surface area contributed by atoms with Crippen LogP contribution in [0.4, 0.5) is 8.78 Å². The van der Waals surface area contributed by atoms with Gasteiger partial charge >= 0.3 is 0 Å². The summed E-state index contributed by atoms with van der Waals surface area (Å²) in [4.78, 5) is 0. The van der Waals surface area contributed by atoms with E-state index in [2.05, 4.69) is 21.2 Å². The second-order valence-corrected chi connectivity index (χ2v) is 9.97. The van der Waals surface area contributed by atoms with E-state index in [4.69, 9.17) is 14.2 Å². The molecule has 2 N–H and O–H groups in total. The zero-order valence-electron chi connectivity index (χ0n) is 19.8. The summed E-state index contributed by atoms with van der Waals surface area (Å²) in [5, 5.41) is 13.7. The Hall–Kier alpha value is -1.58. The molecule has 8 heteroatoms. The molecule has 1 heterocycles. The lowest BCUT2D eigenvalue weighted by Gasteiger charge is -2.33. The van der Waals surface area contributed by atoms with Crippen LogP contribution in [-0.4, -0.2) is 37.2 Å². The lowest BCUT2D eigenvalue weighted by Crippen LogP contribution is -2.35. The van der Waals surface area contributed by atoms with Gasteiger partial charge in [0.25, 0.3) is 5.92 Å². The molecule has 0 unspecified atom stereocenters. The maximum Gasteiger partial charge on any atom is 0.296 e. The van der Waals surface area contributed by atoms with Gasteiger partial charge in [-0.15, -0.1) is 0 Å². The summed E-state index contributed by atoms with van der Waals surface area (Å²) < 4.78 is 45.6. The van der Waals surface area contributed by atoms with Gasteiger partial charge in [0.05, 0.1) is 12.7 Å². The van der Waals surface area contributed by atoms with E-state index in [-0.39, 0.29) is 5.56 Å². The number of alkyl halides is 2. The number of benzene rings is 2. The average Bonchev–Trinajstić information content (AvgIpc) is 2.79. The van der Waals surface area contributed by atoms with Gasteiger partial charge in [-0.05, 0) is 49.2 Å². The fourth-order valence-electron chi connectivity index (χ4n) is 3.73. The Morgan fingerprint density at radius 2 is 1.94 bits per heavy atom. The summed E-state index contributed by atoms with van der Waals surface area (Å²) in [6, 6.07) is 11.8. The number of aliphatic hydroxyl groups is 1. The van der Waals surface area contributed by atoms with E-state index < -0.39 is 24.4 Å². The third-order valence-electron chi connectivity index (χ3n) is 5.66. The highest BCUT2D eigenvalue weighted by Gasteiger charge is 2.32. The van der Waals surface area contributed by atoms with Gasteiger partial charge in [-0.1, -0.05) is 47.0 Å². The van der Waals surface area contributed by atoms with Crippen LogP contribution in [0, 0.1) is 0 Å². The maximum absolute atomic E-state index is 14.2. The number of hydrogen-bond donors (Lipinski definition) is 2. The Bertz CT molecular complexity index is 925. The van der Waals surface area contributed by atoms with Gasteiger partial charge in [0, 0.05) is 42.6 Å². The Kier molecular flexibility index (Phi) is 9.85. The first-order valence-electron chi connectivity index (χ1n) is 11.7. The number of nitrogens with one attached hydrogen (secondary N) is 1. The first kappa shape index (κ1) is 27.0. The van der Waals surface area contributed by atoms with Crippen LogP contribution >= 0.6 is 15.9 Å². The Balaban J connectivity index is 1.24. The molecule has 0 spiro atoms. The molecule has 3 rings (SSSR count). The van der Waals surface area contributed by atoms with Crippen molar-refractivity contribution in [2.45, 2.75) is 64.0 Å². The van der Waals surface area contributed by atoms with Crippen molar-refractivity contribution in [2.75, 3.05) is 26.3 Å². The van der Waals surface area contributed by atoms with Gasteiger partial charge in [-0.3, -0.25) is 0 Å². The fraction of sp³-hybridized carbons (Fsp3) is 0.538. The zero-order chi connectivity index (χ0) is 24.6. The summed E-state index contributed by atoms with van der Waals surface area (Å²) >= 11 is 3.22. The number of hydrogen-bond acceptors (Lipinski definition) is 5. The van der Waals surface area contributed by atoms with Gasteiger partial charge in [-0.25, -0.2) is 0 Å². The van der Waals surface area contributed by atoms with Crippen molar-refractivity contribution in [3.05, 3.63) is 63.6 Å². The summed E-state index contributed by atoms with van der Waals surface area (Å²) in [7, 11) is 0. The zero-order valence-corrected chi connectivity index (χ0v) is 21.4. The molecule has 0 aromatic heterocycles. The van der Waals surface area contributed by atoms with Crippen LogP contribution in [0.2, 0.25) is 0 Å². The predicted octanol–water partition coefficient (Wildman–Crippen LogP) is 6.09. The molecule has 2 aromatic carbocycles. The highest BCUT2D eigenvalue weighted by Crippen LogP contribution is 2.33. The van der Waals surface area contributed by atoms with Crippen molar-refractivity contribution in [1.29, 1.82) is 0 Å². The molecule has 0 saturated heterocycles. The summed E-state index contributed by atoms with van der Waals surface area (Å²) in [5.74, 6) is -2.84. The minimum Gasteiger partial charge on any atom is -0.463 e. The average molecular weight is 542 g/mol. The van der Waals surface area contributed by atoms with Gasteiger partial charge in [-0.2, -0.15) is 8.78 Å². The van der Waals surface area contributed by atoms with E-state index in [1.807, 2.05) is 32.0 Å². The Labute approximate surface area is 208 Å². The molecule has 0 saturated carbocycles. The molecule has 0 radical (unpaired) electrons. The van der Waals surface area contributed by atoms with Crippen LogP contribution in [-0.2, 0) is 22.0 Å². The summed E-state index contributed by atoms with van der Waals surface area (Å²) in [6.07, 6.45) is 2.96. The fourth-order valence-corrected chi connectivity index (χ4v) is 4.13. The minimum absolute atomic E-state index is 0.0452. The molecule has 34 heavy (non-hydrogen) atoms. The summed E-state index contributed by atoms with van der Waals surface area (Å²) in [5.41, 5.74) is 1.72. The molecule has 1 aliphatic heterocycles. The van der Waals surface area contributed by atoms with Crippen LogP contribution < -0.4 is 10.1 Å². The molecule has 0 bridgehead atoms. The molecular formula is C26H34BrF2NO4. The number of rotatable bonds is 13. The van der Waals surface area contributed by atoms with Crippen molar-refractivity contribution in [2.24, 2.45) is 0 Å². The van der Waals surface area contributed by atoms with Crippen LogP contribution in [0.5, 0.6) is 5.75 Å². The molecule has 188 valence electrons. The standard InChI is InChI=1S/C26H34BrF2NO4/c1-25(2)33-17-20-14-19(10-11-24(20)34-25)23(31)16-30-12-5-3-4-6-13-32-18-26(28,29)21-8-7-9-22(27)15-21/h7-11,14-15,23,30-31H,3-6,12-13,16-18H2,1-2H3/t23-/m0/s1. The molecule has 0 amide bonds. The van der Waals surface area contributed by atoms with Crippen LogP contribution in [0.15, 0.2) is 46.9 Å². The second-order valence-electron chi connectivity index (χ2n) is 9.06. The lowest BCUT2D eigenvalue weighted by atomic mass is 10.0. The minimum atomic E-state index is -3.00. The van der Waals surface area contributed by atoms with Crippen LogP contribution in [0.3, 0.4) is 0 Å². The molecule has 5 nitrogen and oxygen atoms in total. The first-order chi connectivity index (χ1) is 16.2. The van der Waals surface area contributed by atoms with Crippen LogP contribution in [0.25, 0.3) is 0 Å². The predicted molar refractivity (Wildman–Crippen MR) is 131 cm³/mol. The quantitative estimate of drug-likeness (QED) is 0.300. The maximum atomic E-state index is 14.2. The third-order valence-corrected chi connectivity index (χ3v) is 6.15. The number of fused-ring (bicyclic) bond motifs is 1. The molecular weight excluding hydrogens is 508 g/mol. The van der Waals surface area contributed by atoms with Gasteiger partial charge in [0.2, 0.25) is 5.79 Å². The molecule has 0 aliphatic carbocycles. The molecule has 1 atom stereocenters. The number of unbranched alkanes of at least 4 members (excludes halogenated alkanes) is 3. The van der Waals surface area contributed by atoms with E-state index in [1.54, 1.807) is 12.1 Å². The van der Waals surface area contributed by atoms with Gasteiger partial charge in [0.15, 0.2) is 0 Å². The van der Waals surface area contributed by atoms with E-state index >= 15 is 0 Å². The van der Waals surface area contributed by atoms with E-state index in [0.29, 0.717) is 24.2 Å². The van der Waals surface area contributed by atoms with Crippen molar-refractivity contribution in [3.63, 3.8) is 0 Å². The number of ether oxygens (including phenoxy) is 3. The van der Waals surface area contributed by atoms with Crippen molar-refractivity contribution >= 4 is 15.9 Å². The molecule has 0 fully saturated rings. The largest absolute Gasteiger partial charge is 0.463 e. The summed E-state index contributed by atoms with van der Waals surface area (Å²) in [6.45, 7) is 5.16. The second kappa shape index (κ2) is 12.4. The van der Waals surface area contributed by atoms with Crippen molar-refractivity contribution in [1.82, 2.24) is 5.32 Å². The highest BCUT2D eigenvalue weighted by atomic mass is 79.9. The van der Waals surface area contributed by atoms with Gasteiger partial charge in [0.1, 0.15) is 12.4 Å². The number of aliphatic hydroxyl groups excluding tert-OH is 1. The Morgan fingerprint density at radius 1 is 1.15 bits per heavy atom. The van der Waals surface area contributed by atoms with Gasteiger partial charge < -0.3 is 24.6 Å². The Morgan fingerprint density at radius 3 is 2.74 bits per heavy atom. The van der Waals surface area contributed by atoms with E-state index in [1.165, 1.54) is 12.1 Å². The smallest absolute Gasteiger partial charge is 0.296 e. The monoisotopic (exact) mass is 541 g/mol. The van der Waals surface area contributed by atoms with E-state index in [9.17, 15) is 13.9 Å². The normalized spacial score (nSPS) is 16.1. The van der Waals surface area contributed by atoms with E-state index in [0.717, 1.165) is 49.1 Å². The topological polar surface area (TPSA) is 60.0 Å². The van der Waals surface area contributed by atoms with Crippen LogP contribution in [0.1, 0.15) is 62.3 Å². The van der Waals surface area contributed by atoms with Crippen molar-refractivity contribution in [3.8, 4) is 5.75 Å². The van der Waals surface area contributed by atoms with Crippen molar-refractivity contribution < 1.29 is 28.1 Å². The molecule has 2 aromatic rings. The SMILES string of the molecule is CC1(C)OCc2cc([C@@H](O)CNCCCCCCOCC(F)(F)c3cccc(Br)c3)ccc2O1. The lowest BCUT2D eigenvalue weighted by molar-refractivity contribution is -0.180. The number of halogens is 3. The molecule has 1 aliphatic rings.